The highest BCUT2D eigenvalue weighted by atomic mass is 79.9. The highest BCUT2D eigenvalue weighted by Crippen LogP contribution is 2.32. The zero-order valence-electron chi connectivity index (χ0n) is 9.86. The van der Waals surface area contributed by atoms with Crippen LogP contribution in [0.4, 0.5) is 14.5 Å². The summed E-state index contributed by atoms with van der Waals surface area (Å²) in [5.74, 6) is -2.98. The van der Waals surface area contributed by atoms with Crippen LogP contribution in [0.25, 0.3) is 0 Å². The normalized spacial score (nSPS) is 10.3. The molecule has 0 atom stereocenters. The summed E-state index contributed by atoms with van der Waals surface area (Å²) in [6.07, 6.45) is 0. The number of halogens is 3. The van der Waals surface area contributed by atoms with E-state index in [-0.39, 0.29) is 11.5 Å². The molecule has 0 spiro atoms. The van der Waals surface area contributed by atoms with Gasteiger partial charge in [-0.15, -0.1) is 0 Å². The number of benzene rings is 2. The maximum absolute atomic E-state index is 13.3. The second-order valence-corrected chi connectivity index (χ2v) is 4.76. The zero-order chi connectivity index (χ0) is 14.9. The number of nitrogens with two attached hydrogens (primary N) is 1. The van der Waals surface area contributed by atoms with Gasteiger partial charge in [-0.3, -0.25) is 0 Å². The summed E-state index contributed by atoms with van der Waals surface area (Å²) in [6.45, 7) is 0. The van der Waals surface area contributed by atoms with Crippen LogP contribution in [-0.2, 0) is 0 Å². The molecular weight excluding hydrogens is 336 g/mol. The average Bonchev–Trinajstić information content (AvgIpc) is 2.32. The van der Waals surface area contributed by atoms with E-state index in [4.69, 9.17) is 15.6 Å². The van der Waals surface area contributed by atoms with E-state index >= 15 is 0 Å². The first-order valence-electron chi connectivity index (χ1n) is 5.33. The molecular formula is C13H8BrF2NO3. The maximum Gasteiger partial charge on any atom is 0.341 e. The van der Waals surface area contributed by atoms with Crippen LogP contribution in [0.5, 0.6) is 11.5 Å². The van der Waals surface area contributed by atoms with E-state index in [0.717, 1.165) is 18.2 Å². The summed E-state index contributed by atoms with van der Waals surface area (Å²) >= 11 is 3.08. The lowest BCUT2D eigenvalue weighted by atomic mass is 10.1. The Bertz CT molecular complexity index is 671. The second-order valence-electron chi connectivity index (χ2n) is 3.85. The van der Waals surface area contributed by atoms with Crippen molar-refractivity contribution < 1.29 is 23.4 Å². The SMILES string of the molecule is Nc1c(F)ccc(Oc2cc(F)cc(Br)c2)c1C(=O)O. The van der Waals surface area contributed by atoms with Crippen molar-refractivity contribution in [2.45, 2.75) is 0 Å². The van der Waals surface area contributed by atoms with Crippen molar-refractivity contribution in [3.63, 3.8) is 0 Å². The van der Waals surface area contributed by atoms with Gasteiger partial charge < -0.3 is 15.6 Å². The number of ether oxygens (including phenoxy) is 1. The molecule has 2 rings (SSSR count). The first kappa shape index (κ1) is 14.3. The second kappa shape index (κ2) is 5.46. The first-order valence-corrected chi connectivity index (χ1v) is 6.13. The minimum Gasteiger partial charge on any atom is -0.477 e. The van der Waals surface area contributed by atoms with Crippen LogP contribution in [0, 0.1) is 11.6 Å². The van der Waals surface area contributed by atoms with Crippen LogP contribution in [0.3, 0.4) is 0 Å². The fourth-order valence-corrected chi connectivity index (χ4v) is 2.04. The number of carboxylic acids is 1. The van der Waals surface area contributed by atoms with Crippen LogP contribution in [0.1, 0.15) is 10.4 Å². The van der Waals surface area contributed by atoms with Gasteiger partial charge in [-0.2, -0.15) is 0 Å². The van der Waals surface area contributed by atoms with Crippen molar-refractivity contribution in [2.24, 2.45) is 0 Å². The van der Waals surface area contributed by atoms with Crippen molar-refractivity contribution in [1.82, 2.24) is 0 Å². The number of hydrogen-bond donors (Lipinski definition) is 2. The van der Waals surface area contributed by atoms with E-state index < -0.39 is 28.9 Å². The quantitative estimate of drug-likeness (QED) is 0.831. The molecule has 104 valence electrons. The standard InChI is InChI=1S/C13H8BrF2NO3/c14-6-3-7(15)5-8(4-6)20-10-2-1-9(16)12(17)11(10)13(18)19/h1-5H,17H2,(H,18,19). The Morgan fingerprint density at radius 1 is 1.25 bits per heavy atom. The molecule has 7 heteroatoms. The lowest BCUT2D eigenvalue weighted by Gasteiger charge is -2.11. The molecule has 0 radical (unpaired) electrons. The average molecular weight is 344 g/mol. The molecule has 0 amide bonds. The van der Waals surface area contributed by atoms with E-state index in [0.29, 0.717) is 4.47 Å². The molecule has 0 aliphatic heterocycles. The van der Waals surface area contributed by atoms with E-state index in [1.807, 2.05) is 0 Å². The maximum atomic E-state index is 13.3. The summed E-state index contributed by atoms with van der Waals surface area (Å²) in [5, 5.41) is 9.05. The topological polar surface area (TPSA) is 72.5 Å². The molecule has 0 aliphatic rings. The van der Waals surface area contributed by atoms with Crippen LogP contribution >= 0.6 is 15.9 Å². The predicted octanol–water partition coefficient (Wildman–Crippen LogP) is 3.80. The molecule has 2 aromatic carbocycles. The van der Waals surface area contributed by atoms with Crippen molar-refractivity contribution in [3.8, 4) is 11.5 Å². The third kappa shape index (κ3) is 2.88. The summed E-state index contributed by atoms with van der Waals surface area (Å²) in [4.78, 5) is 11.1. The Hall–Kier alpha value is -2.15. The highest BCUT2D eigenvalue weighted by molar-refractivity contribution is 9.10. The molecule has 2 aromatic rings. The van der Waals surface area contributed by atoms with Crippen molar-refractivity contribution in [2.75, 3.05) is 5.73 Å². The smallest absolute Gasteiger partial charge is 0.341 e. The Morgan fingerprint density at radius 2 is 1.95 bits per heavy atom. The van der Waals surface area contributed by atoms with E-state index in [9.17, 15) is 13.6 Å². The van der Waals surface area contributed by atoms with Crippen LogP contribution in [0.2, 0.25) is 0 Å². The monoisotopic (exact) mass is 343 g/mol. The lowest BCUT2D eigenvalue weighted by molar-refractivity contribution is 0.0695. The van der Waals surface area contributed by atoms with Gasteiger partial charge in [0.1, 0.15) is 28.7 Å². The molecule has 0 saturated carbocycles. The molecule has 4 nitrogen and oxygen atoms in total. The van der Waals surface area contributed by atoms with Crippen molar-refractivity contribution in [3.05, 3.63) is 52.0 Å². The molecule has 0 bridgehead atoms. The molecule has 3 N–H and O–H groups in total. The van der Waals surface area contributed by atoms with Gasteiger partial charge in [0.15, 0.2) is 0 Å². The van der Waals surface area contributed by atoms with E-state index in [2.05, 4.69) is 15.9 Å². The largest absolute Gasteiger partial charge is 0.477 e. The van der Waals surface area contributed by atoms with Gasteiger partial charge in [0.2, 0.25) is 0 Å². The van der Waals surface area contributed by atoms with Gasteiger partial charge in [0.05, 0.1) is 5.69 Å². The van der Waals surface area contributed by atoms with Crippen LogP contribution < -0.4 is 10.5 Å². The summed E-state index contributed by atoms with van der Waals surface area (Å²) in [6, 6.07) is 5.81. The Labute approximate surface area is 120 Å². The molecule has 0 aliphatic carbocycles. The van der Waals surface area contributed by atoms with Crippen molar-refractivity contribution in [1.29, 1.82) is 0 Å². The van der Waals surface area contributed by atoms with E-state index in [1.54, 1.807) is 0 Å². The van der Waals surface area contributed by atoms with Gasteiger partial charge in [0, 0.05) is 10.5 Å². The molecule has 0 saturated heterocycles. The molecule has 0 aromatic heterocycles. The Kier molecular flexibility index (Phi) is 3.89. The minimum atomic E-state index is -1.44. The fraction of sp³-hybridized carbons (Fsp3) is 0. The summed E-state index contributed by atoms with van der Waals surface area (Å²) in [7, 11) is 0. The van der Waals surface area contributed by atoms with Crippen molar-refractivity contribution >= 4 is 27.6 Å². The lowest BCUT2D eigenvalue weighted by Crippen LogP contribution is -2.07. The van der Waals surface area contributed by atoms with Gasteiger partial charge in [-0.1, -0.05) is 15.9 Å². The van der Waals surface area contributed by atoms with Crippen LogP contribution in [0.15, 0.2) is 34.8 Å². The van der Waals surface area contributed by atoms with Crippen LogP contribution in [-0.4, -0.2) is 11.1 Å². The first-order chi connectivity index (χ1) is 9.38. The predicted molar refractivity (Wildman–Crippen MR) is 71.9 cm³/mol. The molecule has 0 fully saturated rings. The number of hydrogen-bond acceptors (Lipinski definition) is 3. The van der Waals surface area contributed by atoms with Gasteiger partial charge in [-0.05, 0) is 24.3 Å². The number of carboxylic acid groups (broad SMARTS) is 1. The van der Waals surface area contributed by atoms with Gasteiger partial charge >= 0.3 is 5.97 Å². The van der Waals surface area contributed by atoms with Gasteiger partial charge in [-0.25, -0.2) is 13.6 Å². The zero-order valence-corrected chi connectivity index (χ0v) is 11.4. The highest BCUT2D eigenvalue weighted by Gasteiger charge is 2.19. The third-order valence-electron chi connectivity index (χ3n) is 2.43. The Morgan fingerprint density at radius 3 is 2.55 bits per heavy atom. The number of carbonyl (C=O) groups is 1. The molecule has 0 heterocycles. The van der Waals surface area contributed by atoms with E-state index in [1.165, 1.54) is 12.1 Å². The summed E-state index contributed by atoms with van der Waals surface area (Å²) < 4.78 is 32.2. The Balaban J connectivity index is 2.48. The minimum absolute atomic E-state index is 0.0605. The fourth-order valence-electron chi connectivity index (χ4n) is 1.59. The number of anilines is 1. The summed E-state index contributed by atoms with van der Waals surface area (Å²) in [5.41, 5.74) is 4.33. The number of nitrogen functional groups attached to an aromatic ring is 1. The number of aromatic carboxylic acids is 1. The number of rotatable bonds is 3. The third-order valence-corrected chi connectivity index (χ3v) is 2.89. The molecule has 20 heavy (non-hydrogen) atoms. The van der Waals surface area contributed by atoms with Gasteiger partial charge in [0.25, 0.3) is 0 Å². The molecule has 0 unspecified atom stereocenters.